The van der Waals surface area contributed by atoms with Gasteiger partial charge in [0.1, 0.15) is 16.7 Å². The molecule has 0 atom stereocenters. The SMILES string of the molecule is C=C/C(=C\C(=C/C)c1ccc2[nH]nc(-c3nc4c(-c5ccc(C)s5)nccc4[nH]3)c2n1)CNCc1ccccc1. The lowest BCUT2D eigenvalue weighted by atomic mass is 10.1. The minimum Gasteiger partial charge on any atom is -0.336 e. The van der Waals surface area contributed by atoms with Crippen LogP contribution >= 0.6 is 11.3 Å². The van der Waals surface area contributed by atoms with Gasteiger partial charge in [-0.3, -0.25) is 10.1 Å². The van der Waals surface area contributed by atoms with Gasteiger partial charge in [-0.05, 0) is 67.0 Å². The Morgan fingerprint density at radius 3 is 2.60 bits per heavy atom. The molecule has 8 heteroatoms. The van der Waals surface area contributed by atoms with Gasteiger partial charge >= 0.3 is 0 Å². The number of aromatic nitrogens is 6. The fourth-order valence-corrected chi connectivity index (χ4v) is 5.51. The predicted octanol–water partition coefficient (Wildman–Crippen LogP) is 7.24. The van der Waals surface area contributed by atoms with E-state index >= 15 is 0 Å². The number of aromatic amines is 2. The molecule has 0 radical (unpaired) electrons. The Hall–Kier alpha value is -4.66. The van der Waals surface area contributed by atoms with Gasteiger partial charge in [-0.15, -0.1) is 11.3 Å². The number of imidazole rings is 1. The Balaban J connectivity index is 1.30. The van der Waals surface area contributed by atoms with Crippen molar-refractivity contribution >= 4 is 39.0 Å². The van der Waals surface area contributed by atoms with Crippen LogP contribution in [0.1, 0.15) is 23.1 Å². The molecule has 7 nitrogen and oxygen atoms in total. The summed E-state index contributed by atoms with van der Waals surface area (Å²) >= 11 is 1.71. The second kappa shape index (κ2) is 11.2. The molecular formula is C32H29N7S. The molecule has 6 rings (SSSR count). The summed E-state index contributed by atoms with van der Waals surface area (Å²) < 4.78 is 0. The lowest BCUT2D eigenvalue weighted by molar-refractivity contribution is 0.747. The van der Waals surface area contributed by atoms with Gasteiger partial charge in [0.15, 0.2) is 11.5 Å². The molecule has 0 amide bonds. The van der Waals surface area contributed by atoms with Crippen molar-refractivity contribution in [3.63, 3.8) is 0 Å². The van der Waals surface area contributed by atoms with Gasteiger partial charge in [-0.2, -0.15) is 5.10 Å². The van der Waals surface area contributed by atoms with Crippen molar-refractivity contribution in [1.29, 1.82) is 0 Å². The number of pyridine rings is 2. The van der Waals surface area contributed by atoms with Crippen molar-refractivity contribution < 1.29 is 0 Å². The maximum Gasteiger partial charge on any atom is 0.161 e. The molecule has 3 N–H and O–H groups in total. The van der Waals surface area contributed by atoms with E-state index in [1.807, 2.05) is 43.5 Å². The molecular weight excluding hydrogens is 514 g/mol. The van der Waals surface area contributed by atoms with Gasteiger partial charge in [0.05, 0.1) is 21.6 Å². The molecule has 5 aromatic heterocycles. The fraction of sp³-hybridized carbons (Fsp3) is 0.125. The zero-order valence-corrected chi connectivity index (χ0v) is 23.2. The molecule has 0 aliphatic rings. The Morgan fingerprint density at radius 1 is 0.975 bits per heavy atom. The highest BCUT2D eigenvalue weighted by molar-refractivity contribution is 7.15. The van der Waals surface area contributed by atoms with E-state index in [0.29, 0.717) is 18.1 Å². The first kappa shape index (κ1) is 25.6. The summed E-state index contributed by atoms with van der Waals surface area (Å²) in [5.41, 5.74) is 9.07. The standard InChI is InChI=1S/C32H29N7S/c1-4-21(18-33-19-22-9-7-6-8-10-22)17-23(5-2)24-12-13-26-29(35-24)31(39-38-26)32-36-25-15-16-34-30(28(25)37-32)27-14-11-20(3)40-27/h4-17,33H,1,18-19H2,2-3H3,(H,36,37)(H,38,39)/b21-17+,23-5+. The zero-order chi connectivity index (χ0) is 27.5. The number of nitrogens with one attached hydrogen (secondary N) is 3. The van der Waals surface area contributed by atoms with Crippen LogP contribution in [0.15, 0.2) is 97.2 Å². The van der Waals surface area contributed by atoms with E-state index in [-0.39, 0.29) is 0 Å². The van der Waals surface area contributed by atoms with Gasteiger partial charge in [0, 0.05) is 24.2 Å². The Morgan fingerprint density at radius 2 is 1.82 bits per heavy atom. The molecule has 0 saturated heterocycles. The average Bonchev–Trinajstić information content (AvgIpc) is 3.72. The van der Waals surface area contributed by atoms with Crippen LogP contribution in [0, 0.1) is 6.92 Å². The smallest absolute Gasteiger partial charge is 0.161 e. The van der Waals surface area contributed by atoms with Crippen molar-refractivity contribution in [3.05, 3.63) is 113 Å². The van der Waals surface area contributed by atoms with Crippen LogP contribution < -0.4 is 5.32 Å². The van der Waals surface area contributed by atoms with Gasteiger partial charge in [0.25, 0.3) is 0 Å². The fourth-order valence-electron chi connectivity index (χ4n) is 4.65. The summed E-state index contributed by atoms with van der Waals surface area (Å²) in [6.07, 6.45) is 7.89. The molecule has 0 bridgehead atoms. The number of hydrogen-bond donors (Lipinski definition) is 3. The highest BCUT2D eigenvalue weighted by Gasteiger charge is 2.18. The van der Waals surface area contributed by atoms with Gasteiger partial charge in [-0.1, -0.05) is 49.1 Å². The summed E-state index contributed by atoms with van der Waals surface area (Å²) in [4.78, 5) is 20.3. The topological polar surface area (TPSA) is 95.2 Å². The number of H-pyrrole nitrogens is 2. The summed E-state index contributed by atoms with van der Waals surface area (Å²) in [5.74, 6) is 0.655. The normalized spacial score (nSPS) is 12.4. The van der Waals surface area contributed by atoms with E-state index in [2.05, 4.69) is 87.5 Å². The third kappa shape index (κ3) is 5.14. The molecule has 0 spiro atoms. The second-order valence-corrected chi connectivity index (χ2v) is 10.8. The van der Waals surface area contributed by atoms with Crippen molar-refractivity contribution in [1.82, 2.24) is 35.5 Å². The number of rotatable bonds is 9. The molecule has 0 saturated carbocycles. The van der Waals surface area contributed by atoms with Gasteiger partial charge < -0.3 is 10.3 Å². The third-order valence-electron chi connectivity index (χ3n) is 6.72. The first-order chi connectivity index (χ1) is 19.6. The average molecular weight is 544 g/mol. The molecule has 0 unspecified atom stereocenters. The van der Waals surface area contributed by atoms with Gasteiger partial charge in [0.2, 0.25) is 0 Å². The number of thiophene rings is 1. The maximum atomic E-state index is 5.02. The lowest BCUT2D eigenvalue weighted by Gasteiger charge is -2.08. The van der Waals surface area contributed by atoms with E-state index in [4.69, 9.17) is 9.97 Å². The molecule has 1 aromatic carbocycles. The molecule has 6 aromatic rings. The monoisotopic (exact) mass is 543 g/mol. The van der Waals surface area contributed by atoms with Crippen LogP contribution in [0.4, 0.5) is 0 Å². The molecule has 198 valence electrons. The zero-order valence-electron chi connectivity index (χ0n) is 22.4. The second-order valence-electron chi connectivity index (χ2n) is 9.47. The Kier molecular flexibility index (Phi) is 7.18. The molecule has 0 aliphatic carbocycles. The van der Waals surface area contributed by atoms with E-state index in [0.717, 1.165) is 56.0 Å². The van der Waals surface area contributed by atoms with Crippen LogP contribution in [-0.2, 0) is 6.54 Å². The van der Waals surface area contributed by atoms with E-state index in [1.165, 1.54) is 10.4 Å². The molecule has 0 aliphatic heterocycles. The van der Waals surface area contributed by atoms with Crippen LogP contribution in [0.3, 0.4) is 0 Å². The quantitative estimate of drug-likeness (QED) is 0.167. The largest absolute Gasteiger partial charge is 0.336 e. The minimum atomic E-state index is 0.655. The van der Waals surface area contributed by atoms with Crippen LogP contribution in [0.2, 0.25) is 0 Å². The maximum absolute atomic E-state index is 5.02. The third-order valence-corrected chi connectivity index (χ3v) is 7.73. The number of benzene rings is 1. The first-order valence-corrected chi connectivity index (χ1v) is 14.0. The highest BCUT2D eigenvalue weighted by atomic mass is 32.1. The summed E-state index contributed by atoms with van der Waals surface area (Å²) in [6.45, 7) is 9.64. The summed E-state index contributed by atoms with van der Waals surface area (Å²) in [6, 6.07) is 20.5. The van der Waals surface area contributed by atoms with Crippen LogP contribution in [0.5, 0.6) is 0 Å². The van der Waals surface area contributed by atoms with Gasteiger partial charge in [-0.25, -0.2) is 9.97 Å². The number of fused-ring (bicyclic) bond motifs is 2. The van der Waals surface area contributed by atoms with Crippen LogP contribution in [-0.4, -0.2) is 36.7 Å². The first-order valence-electron chi connectivity index (χ1n) is 13.1. The molecule has 40 heavy (non-hydrogen) atoms. The van der Waals surface area contributed by atoms with E-state index < -0.39 is 0 Å². The lowest BCUT2D eigenvalue weighted by Crippen LogP contribution is -2.16. The Bertz CT molecular complexity index is 1870. The van der Waals surface area contributed by atoms with Crippen LogP contribution in [0.25, 0.3) is 49.7 Å². The summed E-state index contributed by atoms with van der Waals surface area (Å²) in [7, 11) is 0. The highest BCUT2D eigenvalue weighted by Crippen LogP contribution is 2.33. The van der Waals surface area contributed by atoms with Crippen molar-refractivity contribution in [3.8, 4) is 22.1 Å². The number of aryl methyl sites for hydroxylation is 1. The van der Waals surface area contributed by atoms with Crippen molar-refractivity contribution in [2.75, 3.05) is 6.54 Å². The van der Waals surface area contributed by atoms with E-state index in [1.54, 1.807) is 11.3 Å². The number of allylic oxidation sites excluding steroid dienone is 3. The molecule has 5 heterocycles. The van der Waals surface area contributed by atoms with Crippen molar-refractivity contribution in [2.24, 2.45) is 0 Å². The summed E-state index contributed by atoms with van der Waals surface area (Å²) in [5, 5.41) is 11.2. The predicted molar refractivity (Wildman–Crippen MR) is 165 cm³/mol. The van der Waals surface area contributed by atoms with Crippen molar-refractivity contribution in [2.45, 2.75) is 20.4 Å². The number of nitrogens with zero attached hydrogens (tertiary/aromatic N) is 4. The van der Waals surface area contributed by atoms with E-state index in [9.17, 15) is 0 Å². The minimum absolute atomic E-state index is 0.655. The Labute approximate surface area is 236 Å². The number of hydrogen-bond acceptors (Lipinski definition) is 6. The molecule has 0 fully saturated rings.